The number of anilines is 2. The number of hydroxylamine groups is 1. The molecule has 0 fully saturated rings. The van der Waals surface area contributed by atoms with Crippen molar-refractivity contribution in [3.8, 4) is 0 Å². The van der Waals surface area contributed by atoms with E-state index in [0.29, 0.717) is 18.8 Å². The average molecular weight is 341 g/mol. The van der Waals surface area contributed by atoms with Crippen LogP contribution in [-0.2, 0) is 15.1 Å². The van der Waals surface area contributed by atoms with Crippen molar-refractivity contribution in [1.29, 1.82) is 0 Å². The predicted octanol–water partition coefficient (Wildman–Crippen LogP) is 2.60. The average Bonchev–Trinajstić information content (AvgIpc) is 2.61. The number of para-hydroxylation sites is 1. The second-order valence-electron chi connectivity index (χ2n) is 6.60. The highest BCUT2D eigenvalue weighted by Crippen LogP contribution is 2.32. The molecule has 0 atom stereocenters. The van der Waals surface area contributed by atoms with Gasteiger partial charge in [0.2, 0.25) is 0 Å². The molecule has 1 aliphatic heterocycles. The van der Waals surface area contributed by atoms with Gasteiger partial charge >= 0.3 is 0 Å². The fraction of sp³-hybridized carbons (Fsp3) is 0.316. The van der Waals surface area contributed by atoms with Crippen molar-refractivity contribution in [1.82, 2.24) is 4.57 Å². The van der Waals surface area contributed by atoms with E-state index >= 15 is 0 Å². The lowest BCUT2D eigenvalue weighted by atomic mass is 10.0. The molecule has 6 heteroatoms. The van der Waals surface area contributed by atoms with Gasteiger partial charge in [-0.25, -0.2) is 5.06 Å². The second-order valence-corrected chi connectivity index (χ2v) is 6.60. The van der Waals surface area contributed by atoms with Crippen LogP contribution in [0.25, 0.3) is 5.76 Å². The first-order chi connectivity index (χ1) is 11.9. The minimum absolute atomic E-state index is 0.105. The standard InChI is InChI=1S/C19H23N3O3/c1-19(2,21-12-14(20)8-9-18(21)23)13-25-17-10-11-22(24-3)16-7-5-4-6-15(16)17/h4-10,12H,11,13,20H2,1-3H3. The number of hydrogen-bond acceptors (Lipinski definition) is 5. The van der Waals surface area contributed by atoms with Crippen LogP contribution in [0.5, 0.6) is 0 Å². The van der Waals surface area contributed by atoms with Gasteiger partial charge in [0.05, 0.1) is 24.9 Å². The summed E-state index contributed by atoms with van der Waals surface area (Å²) in [6.07, 6.45) is 3.63. The molecule has 0 aliphatic carbocycles. The molecular weight excluding hydrogens is 318 g/mol. The lowest BCUT2D eigenvalue weighted by Gasteiger charge is -2.31. The van der Waals surface area contributed by atoms with Crippen LogP contribution in [0.4, 0.5) is 11.4 Å². The van der Waals surface area contributed by atoms with E-state index in [-0.39, 0.29) is 5.56 Å². The van der Waals surface area contributed by atoms with Gasteiger partial charge in [-0.05, 0) is 38.1 Å². The van der Waals surface area contributed by atoms with E-state index in [1.807, 2.05) is 44.2 Å². The van der Waals surface area contributed by atoms with E-state index in [9.17, 15) is 4.79 Å². The minimum atomic E-state index is -0.541. The monoisotopic (exact) mass is 341 g/mol. The van der Waals surface area contributed by atoms with Crippen LogP contribution in [-0.4, -0.2) is 24.8 Å². The lowest BCUT2D eigenvalue weighted by molar-refractivity contribution is 0.149. The van der Waals surface area contributed by atoms with Crippen LogP contribution in [0.15, 0.2) is 53.5 Å². The number of nitrogens with two attached hydrogens (primary N) is 1. The highest BCUT2D eigenvalue weighted by Gasteiger charge is 2.25. The molecule has 1 aliphatic rings. The molecule has 0 radical (unpaired) electrons. The Kier molecular flexibility index (Phi) is 4.55. The first kappa shape index (κ1) is 17.1. The number of rotatable bonds is 5. The van der Waals surface area contributed by atoms with Gasteiger partial charge in [-0.3, -0.25) is 9.63 Å². The number of nitrogen functional groups attached to an aromatic ring is 1. The number of aromatic nitrogens is 1. The molecule has 0 unspecified atom stereocenters. The Morgan fingerprint density at radius 3 is 2.72 bits per heavy atom. The molecule has 1 aromatic heterocycles. The largest absolute Gasteiger partial charge is 0.491 e. The highest BCUT2D eigenvalue weighted by atomic mass is 16.7. The number of hydrogen-bond donors (Lipinski definition) is 1. The molecule has 0 saturated carbocycles. The Labute approximate surface area is 147 Å². The van der Waals surface area contributed by atoms with Crippen LogP contribution in [0.3, 0.4) is 0 Å². The first-order valence-electron chi connectivity index (χ1n) is 8.15. The molecule has 0 amide bonds. The van der Waals surface area contributed by atoms with Gasteiger partial charge in [-0.15, -0.1) is 0 Å². The van der Waals surface area contributed by atoms with Gasteiger partial charge in [-0.1, -0.05) is 12.1 Å². The summed E-state index contributed by atoms with van der Waals surface area (Å²) in [5, 5.41) is 1.80. The molecular formula is C19H23N3O3. The fourth-order valence-corrected chi connectivity index (χ4v) is 2.88. The molecule has 6 nitrogen and oxygen atoms in total. The first-order valence-corrected chi connectivity index (χ1v) is 8.15. The van der Waals surface area contributed by atoms with E-state index in [4.69, 9.17) is 15.3 Å². The molecule has 2 N–H and O–H groups in total. The van der Waals surface area contributed by atoms with Gasteiger partial charge < -0.3 is 15.0 Å². The summed E-state index contributed by atoms with van der Waals surface area (Å²) in [7, 11) is 1.64. The van der Waals surface area contributed by atoms with Crippen molar-refractivity contribution in [3.05, 3.63) is 64.6 Å². The van der Waals surface area contributed by atoms with Crippen molar-refractivity contribution in [3.63, 3.8) is 0 Å². The maximum Gasteiger partial charge on any atom is 0.251 e. The van der Waals surface area contributed by atoms with Gasteiger partial charge in [0.1, 0.15) is 12.4 Å². The molecule has 2 aromatic rings. The molecule has 2 heterocycles. The Balaban J connectivity index is 1.83. The third-order valence-corrected chi connectivity index (χ3v) is 4.27. The number of ether oxygens (including phenoxy) is 1. The maximum atomic E-state index is 12.2. The van der Waals surface area contributed by atoms with E-state index in [1.54, 1.807) is 29.0 Å². The zero-order chi connectivity index (χ0) is 18.0. The summed E-state index contributed by atoms with van der Waals surface area (Å²) >= 11 is 0. The van der Waals surface area contributed by atoms with E-state index in [2.05, 4.69) is 0 Å². The van der Waals surface area contributed by atoms with E-state index < -0.39 is 5.54 Å². The van der Waals surface area contributed by atoms with Crippen molar-refractivity contribution < 1.29 is 9.57 Å². The van der Waals surface area contributed by atoms with Crippen LogP contribution in [0.1, 0.15) is 19.4 Å². The lowest BCUT2D eigenvalue weighted by Crippen LogP contribution is -2.39. The molecule has 0 bridgehead atoms. The number of pyridine rings is 1. The van der Waals surface area contributed by atoms with Crippen LogP contribution < -0.4 is 16.4 Å². The number of nitrogens with zero attached hydrogens (tertiary/aromatic N) is 2. The third kappa shape index (κ3) is 3.39. The van der Waals surface area contributed by atoms with Gasteiger partial charge in [-0.2, -0.15) is 0 Å². The molecule has 0 spiro atoms. The maximum absolute atomic E-state index is 12.2. The molecule has 1 aromatic carbocycles. The smallest absolute Gasteiger partial charge is 0.251 e. The van der Waals surface area contributed by atoms with Crippen LogP contribution >= 0.6 is 0 Å². The van der Waals surface area contributed by atoms with Crippen molar-refractivity contribution in [2.45, 2.75) is 19.4 Å². The second kappa shape index (κ2) is 6.64. The summed E-state index contributed by atoms with van der Waals surface area (Å²) in [5.41, 5.74) is 7.65. The molecule has 25 heavy (non-hydrogen) atoms. The Morgan fingerprint density at radius 2 is 1.96 bits per heavy atom. The van der Waals surface area contributed by atoms with Crippen LogP contribution in [0, 0.1) is 0 Å². The molecule has 0 saturated heterocycles. The Morgan fingerprint density at radius 1 is 1.20 bits per heavy atom. The van der Waals surface area contributed by atoms with Gasteiger partial charge in [0.25, 0.3) is 5.56 Å². The predicted molar refractivity (Wildman–Crippen MR) is 99.2 cm³/mol. The van der Waals surface area contributed by atoms with E-state index in [1.165, 1.54) is 6.07 Å². The zero-order valence-corrected chi connectivity index (χ0v) is 14.7. The van der Waals surface area contributed by atoms with E-state index in [0.717, 1.165) is 17.0 Å². The van der Waals surface area contributed by atoms with Crippen molar-refractivity contribution in [2.75, 3.05) is 31.1 Å². The van der Waals surface area contributed by atoms with Crippen LogP contribution in [0.2, 0.25) is 0 Å². The summed E-state index contributed by atoms with van der Waals surface area (Å²) in [6, 6.07) is 11.0. The minimum Gasteiger partial charge on any atom is -0.491 e. The van der Waals surface area contributed by atoms with Crippen molar-refractivity contribution >= 4 is 17.1 Å². The SMILES string of the molecule is CON1CC=C(OCC(C)(C)n2cc(N)ccc2=O)c2ccccc21. The molecule has 132 valence electrons. The van der Waals surface area contributed by atoms with Gasteiger partial charge in [0, 0.05) is 23.5 Å². The Bertz CT molecular complexity index is 855. The Hall–Kier alpha value is -2.73. The molecule has 3 rings (SSSR count). The normalized spacial score (nSPS) is 14.0. The summed E-state index contributed by atoms with van der Waals surface area (Å²) in [6.45, 7) is 4.83. The number of benzene rings is 1. The summed E-state index contributed by atoms with van der Waals surface area (Å²) < 4.78 is 7.70. The summed E-state index contributed by atoms with van der Waals surface area (Å²) in [5.74, 6) is 0.786. The highest BCUT2D eigenvalue weighted by molar-refractivity contribution is 5.76. The quantitative estimate of drug-likeness (QED) is 0.905. The topological polar surface area (TPSA) is 69.7 Å². The third-order valence-electron chi connectivity index (χ3n) is 4.27. The number of fused-ring (bicyclic) bond motifs is 1. The zero-order valence-electron chi connectivity index (χ0n) is 14.7. The summed E-state index contributed by atoms with van der Waals surface area (Å²) in [4.78, 5) is 17.5. The fourth-order valence-electron chi connectivity index (χ4n) is 2.88. The van der Waals surface area contributed by atoms with Gasteiger partial charge in [0.15, 0.2) is 0 Å². The van der Waals surface area contributed by atoms with Crippen molar-refractivity contribution in [2.24, 2.45) is 0 Å².